The number of ether oxygens (including phenoxy) is 3. The van der Waals surface area contributed by atoms with E-state index in [1.54, 1.807) is 0 Å². The summed E-state index contributed by atoms with van der Waals surface area (Å²) < 4.78 is 16.6. The van der Waals surface area contributed by atoms with E-state index >= 15 is 0 Å². The summed E-state index contributed by atoms with van der Waals surface area (Å²) in [6.07, 6.45) is 3.13. The molecule has 0 amide bonds. The number of carbonyl (C=O) groups excluding carboxylic acids is 1. The topological polar surface area (TPSA) is 48.1 Å². The van der Waals surface area contributed by atoms with E-state index in [2.05, 4.69) is 20.8 Å². The highest BCUT2D eigenvalue weighted by Gasteiger charge is 2.53. The number of esters is 1. The Morgan fingerprint density at radius 1 is 1.26 bits per heavy atom. The Kier molecular flexibility index (Phi) is 3.56. The Morgan fingerprint density at radius 2 is 2.05 bits per heavy atom. The number of epoxide rings is 1. The van der Waals surface area contributed by atoms with Crippen LogP contribution in [0.5, 0.6) is 0 Å². The normalized spacial score (nSPS) is 48.7. The van der Waals surface area contributed by atoms with Gasteiger partial charge in [-0.3, -0.25) is 4.79 Å². The van der Waals surface area contributed by atoms with Crippen molar-refractivity contribution in [3.05, 3.63) is 0 Å². The monoisotopic (exact) mass is 268 g/mol. The summed E-state index contributed by atoms with van der Waals surface area (Å²) in [6, 6.07) is 0. The Morgan fingerprint density at radius 3 is 2.68 bits per heavy atom. The maximum atomic E-state index is 12.1. The summed E-state index contributed by atoms with van der Waals surface area (Å²) in [5.41, 5.74) is 0. The van der Waals surface area contributed by atoms with Crippen LogP contribution in [0, 0.1) is 23.7 Å². The Labute approximate surface area is 114 Å². The molecule has 0 aromatic carbocycles. The van der Waals surface area contributed by atoms with Gasteiger partial charge in [-0.1, -0.05) is 13.8 Å². The molecule has 3 fully saturated rings. The van der Waals surface area contributed by atoms with Crippen molar-refractivity contribution >= 4 is 5.97 Å². The minimum absolute atomic E-state index is 0.0758. The molecule has 0 spiro atoms. The summed E-state index contributed by atoms with van der Waals surface area (Å²) in [5.74, 6) is 1.20. The molecule has 7 atom stereocenters. The van der Waals surface area contributed by atoms with Gasteiger partial charge in [-0.2, -0.15) is 0 Å². The quantitative estimate of drug-likeness (QED) is 0.580. The summed E-state index contributed by atoms with van der Waals surface area (Å²) in [4.78, 5) is 12.1. The molecule has 3 aliphatic rings. The summed E-state index contributed by atoms with van der Waals surface area (Å²) in [6.45, 7) is 7.44. The van der Waals surface area contributed by atoms with Crippen molar-refractivity contribution in [3.8, 4) is 0 Å². The maximum absolute atomic E-state index is 12.1. The van der Waals surface area contributed by atoms with Gasteiger partial charge in [0.25, 0.3) is 0 Å². The fraction of sp³-hybridized carbons (Fsp3) is 0.933. The molecule has 0 aromatic heterocycles. The van der Waals surface area contributed by atoms with E-state index < -0.39 is 0 Å². The Hall–Kier alpha value is -0.610. The van der Waals surface area contributed by atoms with E-state index in [0.29, 0.717) is 43.2 Å². The highest BCUT2D eigenvalue weighted by molar-refractivity contribution is 5.73. The second-order valence-electron chi connectivity index (χ2n) is 6.59. The zero-order valence-corrected chi connectivity index (χ0v) is 12.0. The first-order chi connectivity index (χ1) is 9.06. The van der Waals surface area contributed by atoms with E-state index in [9.17, 15) is 4.79 Å². The fourth-order valence-corrected chi connectivity index (χ4v) is 3.59. The smallest absolute Gasteiger partial charge is 0.311 e. The minimum Gasteiger partial charge on any atom is -0.465 e. The number of hydrogen-bond donors (Lipinski definition) is 0. The van der Waals surface area contributed by atoms with Gasteiger partial charge >= 0.3 is 5.97 Å². The van der Waals surface area contributed by atoms with Crippen LogP contribution in [0.2, 0.25) is 0 Å². The molecule has 2 aliphatic heterocycles. The molecular formula is C15H24O4. The van der Waals surface area contributed by atoms with Gasteiger partial charge in [0.15, 0.2) is 0 Å². The van der Waals surface area contributed by atoms with Crippen LogP contribution in [0.3, 0.4) is 0 Å². The summed E-state index contributed by atoms with van der Waals surface area (Å²) in [7, 11) is 0. The van der Waals surface area contributed by atoms with Gasteiger partial charge in [-0.15, -0.1) is 0 Å². The van der Waals surface area contributed by atoms with Crippen LogP contribution >= 0.6 is 0 Å². The molecule has 3 rings (SSSR count). The Bertz CT molecular complexity index is 356. The van der Waals surface area contributed by atoms with Crippen LogP contribution in [0.1, 0.15) is 33.6 Å². The standard InChI is InChI=1S/C15H24O4/c1-8-4-9(2)17-7-12(8)15(16)18-6-11-5-13-14(19-13)10(11)3/h8-14H,4-7H2,1-3H3. The lowest BCUT2D eigenvalue weighted by molar-refractivity contribution is -0.160. The lowest BCUT2D eigenvalue weighted by Crippen LogP contribution is -2.37. The van der Waals surface area contributed by atoms with E-state index in [-0.39, 0.29) is 18.0 Å². The average Bonchev–Trinajstić information content (AvgIpc) is 3.06. The third-order valence-electron chi connectivity index (χ3n) is 5.11. The maximum Gasteiger partial charge on any atom is 0.311 e. The van der Waals surface area contributed by atoms with Crippen molar-refractivity contribution in [2.75, 3.05) is 13.2 Å². The van der Waals surface area contributed by atoms with Crippen LogP contribution in [-0.2, 0) is 19.0 Å². The van der Waals surface area contributed by atoms with Gasteiger partial charge in [0.1, 0.15) is 0 Å². The van der Waals surface area contributed by atoms with Crippen molar-refractivity contribution in [3.63, 3.8) is 0 Å². The predicted octanol–water partition coefficient (Wildman–Crippen LogP) is 2.01. The fourth-order valence-electron chi connectivity index (χ4n) is 3.59. The lowest BCUT2D eigenvalue weighted by Gasteiger charge is -2.31. The number of fused-ring (bicyclic) bond motifs is 1. The van der Waals surface area contributed by atoms with E-state index in [1.807, 2.05) is 0 Å². The molecule has 0 aromatic rings. The van der Waals surface area contributed by atoms with Crippen molar-refractivity contribution < 1.29 is 19.0 Å². The molecule has 4 nitrogen and oxygen atoms in total. The zero-order valence-electron chi connectivity index (χ0n) is 12.0. The molecule has 108 valence electrons. The van der Waals surface area contributed by atoms with Crippen molar-refractivity contribution in [2.45, 2.75) is 51.9 Å². The molecule has 0 bridgehead atoms. The first kappa shape index (κ1) is 13.4. The molecule has 1 saturated carbocycles. The predicted molar refractivity (Wildman–Crippen MR) is 69.6 cm³/mol. The molecule has 19 heavy (non-hydrogen) atoms. The molecule has 7 unspecified atom stereocenters. The number of rotatable bonds is 3. The van der Waals surface area contributed by atoms with Crippen molar-refractivity contribution in [2.24, 2.45) is 23.7 Å². The van der Waals surface area contributed by atoms with Crippen LogP contribution in [0.25, 0.3) is 0 Å². The average molecular weight is 268 g/mol. The molecule has 2 heterocycles. The molecule has 2 saturated heterocycles. The lowest BCUT2D eigenvalue weighted by atomic mass is 9.87. The largest absolute Gasteiger partial charge is 0.465 e. The van der Waals surface area contributed by atoms with Crippen molar-refractivity contribution in [1.82, 2.24) is 0 Å². The third-order valence-corrected chi connectivity index (χ3v) is 5.11. The number of carbonyl (C=O) groups is 1. The van der Waals surface area contributed by atoms with E-state index in [1.165, 1.54) is 0 Å². The van der Waals surface area contributed by atoms with Crippen LogP contribution in [-0.4, -0.2) is 37.5 Å². The molecular weight excluding hydrogens is 244 g/mol. The van der Waals surface area contributed by atoms with Crippen LogP contribution in [0.15, 0.2) is 0 Å². The zero-order chi connectivity index (χ0) is 13.6. The summed E-state index contributed by atoms with van der Waals surface area (Å²) in [5, 5.41) is 0. The SMILES string of the molecule is CC1CC(C)C(C(=O)OCC2CC3OC3C2C)CO1. The summed E-state index contributed by atoms with van der Waals surface area (Å²) >= 11 is 0. The van der Waals surface area contributed by atoms with Gasteiger partial charge < -0.3 is 14.2 Å². The second-order valence-corrected chi connectivity index (χ2v) is 6.59. The molecule has 1 aliphatic carbocycles. The molecule has 0 N–H and O–H groups in total. The molecule has 0 radical (unpaired) electrons. The van der Waals surface area contributed by atoms with Gasteiger partial charge in [0, 0.05) is 5.92 Å². The first-order valence-corrected chi connectivity index (χ1v) is 7.50. The number of hydrogen-bond acceptors (Lipinski definition) is 4. The third kappa shape index (κ3) is 2.65. The molecule has 4 heteroatoms. The van der Waals surface area contributed by atoms with Crippen LogP contribution < -0.4 is 0 Å². The second kappa shape index (κ2) is 5.06. The van der Waals surface area contributed by atoms with Gasteiger partial charge in [-0.05, 0) is 31.6 Å². The first-order valence-electron chi connectivity index (χ1n) is 7.50. The van der Waals surface area contributed by atoms with Crippen molar-refractivity contribution in [1.29, 1.82) is 0 Å². The van der Waals surface area contributed by atoms with Crippen LogP contribution in [0.4, 0.5) is 0 Å². The van der Waals surface area contributed by atoms with Gasteiger partial charge in [-0.25, -0.2) is 0 Å². The highest BCUT2D eigenvalue weighted by Crippen LogP contribution is 2.46. The van der Waals surface area contributed by atoms with Gasteiger partial charge in [0.2, 0.25) is 0 Å². The van der Waals surface area contributed by atoms with E-state index in [0.717, 1.165) is 12.8 Å². The highest BCUT2D eigenvalue weighted by atomic mass is 16.6. The van der Waals surface area contributed by atoms with Gasteiger partial charge in [0.05, 0.1) is 37.4 Å². The van der Waals surface area contributed by atoms with E-state index in [4.69, 9.17) is 14.2 Å². The Balaban J connectivity index is 1.46. The minimum atomic E-state index is -0.0845.